The van der Waals surface area contributed by atoms with E-state index < -0.39 is 0 Å². The molecule has 1 aromatic heterocycles. The number of morpholine rings is 1. The number of furan rings is 1. The molecule has 1 fully saturated rings. The maximum absolute atomic E-state index is 12.1. The Morgan fingerprint density at radius 2 is 2.04 bits per heavy atom. The SMILES string of the molecule is O=C(COc1ccccc1Cl)NCC(c1ccco1)N1CCOCC1. The number of rotatable bonds is 7. The van der Waals surface area contributed by atoms with Gasteiger partial charge in [0.2, 0.25) is 0 Å². The van der Waals surface area contributed by atoms with Gasteiger partial charge in [-0.1, -0.05) is 23.7 Å². The summed E-state index contributed by atoms with van der Waals surface area (Å²) in [6, 6.07) is 10.8. The number of ether oxygens (including phenoxy) is 2. The largest absolute Gasteiger partial charge is 0.482 e. The van der Waals surface area contributed by atoms with E-state index in [2.05, 4.69) is 10.2 Å². The number of carbonyl (C=O) groups excluding carboxylic acids is 1. The van der Waals surface area contributed by atoms with Gasteiger partial charge in [-0.05, 0) is 24.3 Å². The average Bonchev–Trinajstić information content (AvgIpc) is 3.16. The zero-order valence-corrected chi connectivity index (χ0v) is 14.6. The normalized spacial score (nSPS) is 16.4. The molecule has 25 heavy (non-hydrogen) atoms. The zero-order valence-electron chi connectivity index (χ0n) is 13.8. The molecule has 1 aliphatic heterocycles. The standard InChI is InChI=1S/C18H21ClN2O4/c19-14-4-1-2-5-16(14)25-13-18(22)20-12-15(17-6-3-9-24-17)21-7-10-23-11-8-21/h1-6,9,15H,7-8,10-13H2,(H,20,22). The van der Waals surface area contributed by atoms with Crippen molar-refractivity contribution in [3.8, 4) is 5.75 Å². The van der Waals surface area contributed by atoms with E-state index in [9.17, 15) is 4.79 Å². The molecule has 2 aromatic rings. The fourth-order valence-electron chi connectivity index (χ4n) is 2.75. The molecule has 1 atom stereocenters. The molecular weight excluding hydrogens is 344 g/mol. The zero-order chi connectivity index (χ0) is 17.5. The lowest BCUT2D eigenvalue weighted by molar-refractivity contribution is -0.123. The van der Waals surface area contributed by atoms with E-state index in [1.807, 2.05) is 24.3 Å². The molecule has 0 radical (unpaired) electrons. The van der Waals surface area contributed by atoms with Gasteiger partial charge in [0.15, 0.2) is 6.61 Å². The molecule has 1 unspecified atom stereocenters. The van der Waals surface area contributed by atoms with Gasteiger partial charge in [0.05, 0.1) is 30.5 Å². The van der Waals surface area contributed by atoms with Crippen LogP contribution >= 0.6 is 11.6 Å². The lowest BCUT2D eigenvalue weighted by Gasteiger charge is -2.33. The Kier molecular flexibility index (Phi) is 6.33. The Hall–Kier alpha value is -2.02. The minimum Gasteiger partial charge on any atom is -0.482 e. The molecular formula is C18H21ClN2O4. The predicted molar refractivity (Wildman–Crippen MR) is 93.8 cm³/mol. The van der Waals surface area contributed by atoms with E-state index in [1.165, 1.54) is 0 Å². The van der Waals surface area contributed by atoms with Crippen molar-refractivity contribution in [2.45, 2.75) is 6.04 Å². The molecule has 134 valence electrons. The van der Waals surface area contributed by atoms with Gasteiger partial charge in [0.25, 0.3) is 5.91 Å². The van der Waals surface area contributed by atoms with Crippen LogP contribution in [0.3, 0.4) is 0 Å². The molecule has 1 saturated heterocycles. The fraction of sp³-hybridized carbons (Fsp3) is 0.389. The number of hydrogen-bond acceptors (Lipinski definition) is 5. The highest BCUT2D eigenvalue weighted by atomic mass is 35.5. The highest BCUT2D eigenvalue weighted by Crippen LogP contribution is 2.23. The van der Waals surface area contributed by atoms with Gasteiger partial charge in [-0.25, -0.2) is 0 Å². The van der Waals surface area contributed by atoms with Crippen molar-refractivity contribution in [2.24, 2.45) is 0 Å². The minimum absolute atomic E-state index is 0.0248. The first-order valence-electron chi connectivity index (χ1n) is 8.23. The van der Waals surface area contributed by atoms with Crippen molar-refractivity contribution in [1.82, 2.24) is 10.2 Å². The van der Waals surface area contributed by atoms with Crippen molar-refractivity contribution in [3.05, 3.63) is 53.4 Å². The molecule has 1 N–H and O–H groups in total. The third kappa shape index (κ3) is 4.98. The molecule has 6 nitrogen and oxygen atoms in total. The third-order valence-electron chi connectivity index (χ3n) is 4.05. The van der Waals surface area contributed by atoms with Gasteiger partial charge in [0, 0.05) is 19.6 Å². The molecule has 1 amide bonds. The van der Waals surface area contributed by atoms with E-state index in [0.717, 1.165) is 18.8 Å². The van der Waals surface area contributed by atoms with E-state index in [1.54, 1.807) is 18.4 Å². The molecule has 2 heterocycles. The summed E-state index contributed by atoms with van der Waals surface area (Å²) >= 11 is 6.02. The summed E-state index contributed by atoms with van der Waals surface area (Å²) in [5.74, 6) is 1.12. The Bertz CT molecular complexity index is 671. The molecule has 7 heteroatoms. The lowest BCUT2D eigenvalue weighted by Crippen LogP contribution is -2.44. The smallest absolute Gasteiger partial charge is 0.258 e. The van der Waals surface area contributed by atoms with Crippen molar-refractivity contribution < 1.29 is 18.7 Å². The van der Waals surface area contributed by atoms with Crippen molar-refractivity contribution in [1.29, 1.82) is 0 Å². The first kappa shape index (κ1) is 17.8. The van der Waals surface area contributed by atoms with Crippen molar-refractivity contribution >= 4 is 17.5 Å². The van der Waals surface area contributed by atoms with Gasteiger partial charge < -0.3 is 19.2 Å². The molecule has 1 aromatic carbocycles. The Labute approximate surface area is 151 Å². The van der Waals surface area contributed by atoms with E-state index in [0.29, 0.717) is 30.5 Å². The van der Waals surface area contributed by atoms with Gasteiger partial charge in [0.1, 0.15) is 11.5 Å². The topological polar surface area (TPSA) is 63.9 Å². The van der Waals surface area contributed by atoms with Crippen LogP contribution in [-0.2, 0) is 9.53 Å². The summed E-state index contributed by atoms with van der Waals surface area (Å²) in [6.45, 7) is 3.33. The first-order chi connectivity index (χ1) is 12.2. The van der Waals surface area contributed by atoms with Crippen LogP contribution in [0, 0.1) is 0 Å². The quantitative estimate of drug-likeness (QED) is 0.817. The van der Waals surface area contributed by atoms with Crippen molar-refractivity contribution in [3.63, 3.8) is 0 Å². The number of nitrogens with one attached hydrogen (secondary N) is 1. The summed E-state index contributed by atoms with van der Waals surface area (Å²) in [4.78, 5) is 14.4. The number of amides is 1. The van der Waals surface area contributed by atoms with Gasteiger partial charge in [-0.3, -0.25) is 9.69 Å². The second-order valence-electron chi connectivity index (χ2n) is 5.70. The number of benzene rings is 1. The maximum atomic E-state index is 12.1. The molecule has 0 spiro atoms. The fourth-order valence-corrected chi connectivity index (χ4v) is 2.94. The van der Waals surface area contributed by atoms with Crippen LogP contribution in [0.5, 0.6) is 5.75 Å². The maximum Gasteiger partial charge on any atom is 0.258 e. The van der Waals surface area contributed by atoms with E-state index in [-0.39, 0.29) is 18.6 Å². The van der Waals surface area contributed by atoms with Crippen LogP contribution in [0.4, 0.5) is 0 Å². The van der Waals surface area contributed by atoms with Crippen LogP contribution in [0.2, 0.25) is 5.02 Å². The number of carbonyl (C=O) groups is 1. The molecule has 0 aliphatic carbocycles. The Morgan fingerprint density at radius 1 is 1.24 bits per heavy atom. The lowest BCUT2D eigenvalue weighted by atomic mass is 10.1. The number of para-hydroxylation sites is 1. The number of hydrogen-bond donors (Lipinski definition) is 1. The first-order valence-corrected chi connectivity index (χ1v) is 8.61. The molecule has 0 saturated carbocycles. The van der Waals surface area contributed by atoms with Crippen LogP contribution in [-0.4, -0.2) is 50.3 Å². The van der Waals surface area contributed by atoms with Crippen LogP contribution in [0.25, 0.3) is 0 Å². The van der Waals surface area contributed by atoms with Gasteiger partial charge in [-0.2, -0.15) is 0 Å². The van der Waals surface area contributed by atoms with Crippen LogP contribution in [0.15, 0.2) is 47.1 Å². The summed E-state index contributed by atoms with van der Waals surface area (Å²) in [6.07, 6.45) is 1.64. The highest BCUT2D eigenvalue weighted by molar-refractivity contribution is 6.32. The monoisotopic (exact) mass is 364 g/mol. The second kappa shape index (κ2) is 8.89. The minimum atomic E-state index is -0.204. The number of halogens is 1. The summed E-state index contributed by atoms with van der Waals surface area (Å²) in [5.41, 5.74) is 0. The van der Waals surface area contributed by atoms with Crippen LogP contribution in [0.1, 0.15) is 11.8 Å². The van der Waals surface area contributed by atoms with E-state index >= 15 is 0 Å². The molecule has 0 bridgehead atoms. The second-order valence-corrected chi connectivity index (χ2v) is 6.11. The molecule has 1 aliphatic rings. The summed E-state index contributed by atoms with van der Waals surface area (Å²) in [7, 11) is 0. The highest BCUT2D eigenvalue weighted by Gasteiger charge is 2.25. The summed E-state index contributed by atoms with van der Waals surface area (Å²) in [5, 5.41) is 3.39. The third-order valence-corrected chi connectivity index (χ3v) is 4.36. The van der Waals surface area contributed by atoms with E-state index in [4.69, 9.17) is 25.5 Å². The predicted octanol–water partition coefficient (Wildman–Crippen LogP) is 2.50. The van der Waals surface area contributed by atoms with Crippen LogP contribution < -0.4 is 10.1 Å². The Balaban J connectivity index is 1.53. The van der Waals surface area contributed by atoms with Gasteiger partial charge >= 0.3 is 0 Å². The summed E-state index contributed by atoms with van der Waals surface area (Å²) < 4.78 is 16.4. The average molecular weight is 365 g/mol. The Morgan fingerprint density at radius 3 is 2.76 bits per heavy atom. The van der Waals surface area contributed by atoms with Gasteiger partial charge in [-0.15, -0.1) is 0 Å². The molecule has 3 rings (SSSR count). The van der Waals surface area contributed by atoms with Crippen molar-refractivity contribution in [2.75, 3.05) is 39.5 Å². The number of nitrogens with zero attached hydrogens (tertiary/aromatic N) is 1.